The summed E-state index contributed by atoms with van der Waals surface area (Å²) in [7, 11) is 0. The van der Waals surface area contributed by atoms with Crippen LogP contribution in [0.3, 0.4) is 0 Å². The lowest BCUT2D eigenvalue weighted by atomic mass is 9.97. The molecule has 0 spiro atoms. The van der Waals surface area contributed by atoms with Gasteiger partial charge in [-0.05, 0) is 38.0 Å². The Morgan fingerprint density at radius 3 is 1.46 bits per heavy atom. The Kier molecular flexibility index (Phi) is 23.0. The lowest BCUT2D eigenvalue weighted by molar-refractivity contribution is 0.136. The van der Waals surface area contributed by atoms with Crippen LogP contribution in [0.1, 0.15) is 131 Å². The summed E-state index contributed by atoms with van der Waals surface area (Å²) in [4.78, 5) is 0. The molecule has 0 aliphatic carbocycles. The van der Waals surface area contributed by atoms with E-state index < -0.39 is 0 Å². The summed E-state index contributed by atoms with van der Waals surface area (Å²) in [6, 6.07) is 0. The molecular formula is C24H52O2. The summed E-state index contributed by atoms with van der Waals surface area (Å²) in [6.07, 6.45) is 17.3. The highest BCUT2D eigenvalue weighted by atomic mass is 16.3. The Hall–Kier alpha value is -0.0800. The first-order valence-electron chi connectivity index (χ1n) is 11.7. The molecule has 0 amide bonds. The Labute approximate surface area is 166 Å². The van der Waals surface area contributed by atoms with Gasteiger partial charge in [0.2, 0.25) is 0 Å². The highest BCUT2D eigenvalue weighted by molar-refractivity contribution is 4.59. The fourth-order valence-corrected chi connectivity index (χ4v) is 3.44. The van der Waals surface area contributed by atoms with Crippen molar-refractivity contribution in [3.8, 4) is 0 Å². The van der Waals surface area contributed by atoms with E-state index >= 15 is 0 Å². The zero-order valence-electron chi connectivity index (χ0n) is 19.1. The Morgan fingerprint density at radius 2 is 1.04 bits per heavy atom. The molecule has 160 valence electrons. The van der Waals surface area contributed by atoms with E-state index in [1.54, 1.807) is 0 Å². The second-order valence-corrected chi connectivity index (χ2v) is 8.88. The van der Waals surface area contributed by atoms with Crippen LogP contribution in [0.5, 0.6) is 0 Å². The van der Waals surface area contributed by atoms with Crippen molar-refractivity contribution in [2.75, 3.05) is 0 Å². The summed E-state index contributed by atoms with van der Waals surface area (Å²) < 4.78 is 0. The van der Waals surface area contributed by atoms with Gasteiger partial charge >= 0.3 is 0 Å². The molecule has 0 aromatic heterocycles. The summed E-state index contributed by atoms with van der Waals surface area (Å²) in [5, 5.41) is 18.7. The van der Waals surface area contributed by atoms with Crippen molar-refractivity contribution < 1.29 is 10.2 Å². The van der Waals surface area contributed by atoms with Gasteiger partial charge in [0.05, 0.1) is 12.2 Å². The van der Waals surface area contributed by atoms with Crippen molar-refractivity contribution in [3.05, 3.63) is 0 Å². The lowest BCUT2D eigenvalue weighted by Crippen LogP contribution is -2.09. The Morgan fingerprint density at radius 1 is 0.577 bits per heavy atom. The van der Waals surface area contributed by atoms with Crippen LogP contribution in [0.4, 0.5) is 0 Å². The largest absolute Gasteiger partial charge is 0.393 e. The van der Waals surface area contributed by atoms with Crippen molar-refractivity contribution in [2.24, 2.45) is 11.8 Å². The molecule has 0 aromatic carbocycles. The molecule has 26 heavy (non-hydrogen) atoms. The molecule has 0 aliphatic rings. The number of hydrogen-bond acceptors (Lipinski definition) is 2. The van der Waals surface area contributed by atoms with Crippen molar-refractivity contribution in [1.82, 2.24) is 0 Å². The first kappa shape index (κ1) is 28.1. The van der Waals surface area contributed by atoms with Crippen LogP contribution in [-0.4, -0.2) is 22.4 Å². The van der Waals surface area contributed by atoms with Crippen LogP contribution in [0.2, 0.25) is 0 Å². The zero-order chi connectivity index (χ0) is 20.2. The maximum Gasteiger partial charge on any atom is 0.0542 e. The Balaban J connectivity index is 0. The maximum absolute atomic E-state index is 9.58. The molecule has 0 bridgehead atoms. The summed E-state index contributed by atoms with van der Waals surface area (Å²) in [5.74, 6) is 1.33. The van der Waals surface area contributed by atoms with Gasteiger partial charge in [-0.2, -0.15) is 0 Å². The minimum Gasteiger partial charge on any atom is -0.393 e. The van der Waals surface area contributed by atoms with Crippen molar-refractivity contribution in [1.29, 1.82) is 0 Å². The fraction of sp³-hybridized carbons (Fsp3) is 1.00. The zero-order valence-corrected chi connectivity index (χ0v) is 19.1. The van der Waals surface area contributed by atoms with Crippen LogP contribution in [0.25, 0.3) is 0 Å². The third kappa shape index (κ3) is 26.2. The SMILES string of the molecule is CCCCCCCC(C)CC(C)O.CCCCCCCC(O)CC(C)C. The molecule has 3 atom stereocenters. The van der Waals surface area contributed by atoms with E-state index in [2.05, 4.69) is 34.6 Å². The molecule has 2 nitrogen and oxygen atoms in total. The van der Waals surface area contributed by atoms with E-state index in [0.29, 0.717) is 11.8 Å². The number of unbranched alkanes of at least 4 members (excludes halogenated alkanes) is 8. The number of rotatable bonds is 16. The molecule has 0 fully saturated rings. The Bertz CT molecular complexity index is 225. The van der Waals surface area contributed by atoms with Crippen molar-refractivity contribution in [2.45, 2.75) is 144 Å². The number of aliphatic hydroxyl groups is 2. The van der Waals surface area contributed by atoms with Gasteiger partial charge in [-0.15, -0.1) is 0 Å². The monoisotopic (exact) mass is 372 g/mol. The maximum atomic E-state index is 9.58. The molecule has 2 N–H and O–H groups in total. The van der Waals surface area contributed by atoms with Crippen molar-refractivity contribution in [3.63, 3.8) is 0 Å². The van der Waals surface area contributed by atoms with E-state index in [9.17, 15) is 5.11 Å². The predicted molar refractivity (Wildman–Crippen MR) is 118 cm³/mol. The summed E-state index contributed by atoms with van der Waals surface area (Å²) in [6.45, 7) is 12.9. The van der Waals surface area contributed by atoms with Gasteiger partial charge in [-0.3, -0.25) is 0 Å². The van der Waals surface area contributed by atoms with E-state index in [-0.39, 0.29) is 12.2 Å². The van der Waals surface area contributed by atoms with Gasteiger partial charge in [0.1, 0.15) is 0 Å². The van der Waals surface area contributed by atoms with Crippen LogP contribution in [-0.2, 0) is 0 Å². The topological polar surface area (TPSA) is 40.5 Å². The van der Waals surface area contributed by atoms with Gasteiger partial charge in [-0.25, -0.2) is 0 Å². The van der Waals surface area contributed by atoms with Gasteiger partial charge in [0.15, 0.2) is 0 Å². The van der Waals surface area contributed by atoms with Crippen molar-refractivity contribution >= 4 is 0 Å². The third-order valence-corrected chi connectivity index (χ3v) is 4.93. The second kappa shape index (κ2) is 21.2. The minimum absolute atomic E-state index is 0.0540. The van der Waals surface area contributed by atoms with Gasteiger partial charge in [-0.1, -0.05) is 105 Å². The second-order valence-electron chi connectivity index (χ2n) is 8.88. The fourth-order valence-electron chi connectivity index (χ4n) is 3.44. The average molecular weight is 373 g/mol. The molecule has 0 saturated heterocycles. The first-order chi connectivity index (χ1) is 12.3. The molecule has 0 aromatic rings. The number of hydrogen-bond donors (Lipinski definition) is 2. The highest BCUT2D eigenvalue weighted by Crippen LogP contribution is 2.15. The van der Waals surface area contributed by atoms with E-state index in [1.165, 1.54) is 70.6 Å². The standard InChI is InChI=1S/2C12H26O/c1-4-5-6-7-8-9-11(2)10-12(3)13;1-4-5-6-7-8-9-12(13)10-11(2)3/h2*11-13H,4-10H2,1-3H3. The average Bonchev–Trinajstić information content (AvgIpc) is 2.53. The summed E-state index contributed by atoms with van der Waals surface area (Å²) >= 11 is 0. The highest BCUT2D eigenvalue weighted by Gasteiger charge is 2.06. The van der Waals surface area contributed by atoms with E-state index in [4.69, 9.17) is 5.11 Å². The van der Waals surface area contributed by atoms with Gasteiger partial charge < -0.3 is 10.2 Å². The van der Waals surface area contributed by atoms with Gasteiger partial charge in [0, 0.05) is 0 Å². The predicted octanol–water partition coefficient (Wildman–Crippen LogP) is 7.51. The molecule has 0 aliphatic heterocycles. The third-order valence-electron chi connectivity index (χ3n) is 4.93. The van der Waals surface area contributed by atoms with E-state index in [0.717, 1.165) is 19.3 Å². The molecule has 3 unspecified atom stereocenters. The van der Waals surface area contributed by atoms with Crippen LogP contribution < -0.4 is 0 Å². The van der Waals surface area contributed by atoms with Crippen LogP contribution >= 0.6 is 0 Å². The molecule has 2 heteroatoms. The quantitative estimate of drug-likeness (QED) is 0.275. The van der Waals surface area contributed by atoms with E-state index in [1.807, 2.05) is 6.92 Å². The van der Waals surface area contributed by atoms with Crippen LogP contribution in [0, 0.1) is 11.8 Å². The molecule has 0 rings (SSSR count). The molecule has 0 heterocycles. The minimum atomic E-state index is -0.120. The summed E-state index contributed by atoms with van der Waals surface area (Å²) in [5.41, 5.74) is 0. The first-order valence-corrected chi connectivity index (χ1v) is 11.7. The number of aliphatic hydroxyl groups excluding tert-OH is 2. The lowest BCUT2D eigenvalue weighted by Gasteiger charge is -2.12. The van der Waals surface area contributed by atoms with Gasteiger partial charge in [0.25, 0.3) is 0 Å². The molecule has 0 radical (unpaired) electrons. The van der Waals surface area contributed by atoms with Crippen LogP contribution in [0.15, 0.2) is 0 Å². The smallest absolute Gasteiger partial charge is 0.0542 e. The molecular weight excluding hydrogens is 320 g/mol. The normalized spacial score (nSPS) is 14.7. The molecule has 0 saturated carbocycles.